The number of nitrogens with zero attached hydrogens (tertiary/aromatic N) is 1. The summed E-state index contributed by atoms with van der Waals surface area (Å²) in [6.07, 6.45) is 0.200. The van der Waals surface area contributed by atoms with Crippen LogP contribution >= 0.6 is 27.5 Å². The molecule has 2 amide bonds. The maximum atomic E-state index is 12.5. The minimum atomic E-state index is -0.392. The van der Waals surface area contributed by atoms with Crippen molar-refractivity contribution in [1.29, 1.82) is 0 Å². The summed E-state index contributed by atoms with van der Waals surface area (Å²) in [5.41, 5.74) is 2.30. The van der Waals surface area contributed by atoms with Crippen LogP contribution in [0.1, 0.15) is 12.0 Å². The van der Waals surface area contributed by atoms with E-state index in [-0.39, 0.29) is 18.2 Å². The van der Waals surface area contributed by atoms with Crippen molar-refractivity contribution in [3.63, 3.8) is 0 Å². The van der Waals surface area contributed by atoms with E-state index in [0.29, 0.717) is 17.3 Å². The van der Waals surface area contributed by atoms with Gasteiger partial charge in [0.1, 0.15) is 0 Å². The van der Waals surface area contributed by atoms with Gasteiger partial charge in [-0.2, -0.15) is 0 Å². The number of anilines is 2. The van der Waals surface area contributed by atoms with Gasteiger partial charge in [0, 0.05) is 23.1 Å². The zero-order chi connectivity index (χ0) is 17.3. The molecule has 0 bridgehead atoms. The quantitative estimate of drug-likeness (QED) is 0.819. The first-order valence-electron chi connectivity index (χ1n) is 7.57. The van der Waals surface area contributed by atoms with E-state index in [4.69, 9.17) is 11.6 Å². The Morgan fingerprint density at radius 3 is 2.62 bits per heavy atom. The average molecular weight is 408 g/mol. The molecule has 6 heteroatoms. The van der Waals surface area contributed by atoms with Gasteiger partial charge < -0.3 is 10.2 Å². The summed E-state index contributed by atoms with van der Waals surface area (Å²) in [6.45, 7) is 2.26. The average Bonchev–Trinajstić information content (AvgIpc) is 2.94. The van der Waals surface area contributed by atoms with Gasteiger partial charge in [0.15, 0.2) is 0 Å². The van der Waals surface area contributed by atoms with Crippen molar-refractivity contribution in [2.45, 2.75) is 13.3 Å². The third-order valence-corrected chi connectivity index (χ3v) is 4.95. The number of rotatable bonds is 3. The highest BCUT2D eigenvalue weighted by Crippen LogP contribution is 2.29. The molecule has 1 fully saturated rings. The molecule has 0 unspecified atom stereocenters. The van der Waals surface area contributed by atoms with Gasteiger partial charge >= 0.3 is 0 Å². The van der Waals surface area contributed by atoms with Crippen LogP contribution in [0.15, 0.2) is 46.9 Å². The van der Waals surface area contributed by atoms with Crippen molar-refractivity contribution in [3.8, 4) is 0 Å². The number of hydrogen-bond donors (Lipinski definition) is 1. The van der Waals surface area contributed by atoms with Crippen LogP contribution in [0.2, 0.25) is 5.02 Å². The second-order valence-electron chi connectivity index (χ2n) is 5.80. The molecule has 24 heavy (non-hydrogen) atoms. The van der Waals surface area contributed by atoms with E-state index in [1.807, 2.05) is 43.3 Å². The minimum absolute atomic E-state index is 0.0478. The van der Waals surface area contributed by atoms with Crippen LogP contribution in [0, 0.1) is 12.8 Å². The lowest BCUT2D eigenvalue weighted by molar-refractivity contribution is -0.122. The number of carbonyl (C=O) groups excluding carboxylic acids is 2. The first kappa shape index (κ1) is 17.0. The molecular formula is C18H16BrClN2O2. The summed E-state index contributed by atoms with van der Waals surface area (Å²) in [5.74, 6) is -0.621. The third-order valence-electron chi connectivity index (χ3n) is 4.10. The number of amides is 2. The maximum absolute atomic E-state index is 12.5. The molecule has 1 atom stereocenters. The number of benzene rings is 2. The van der Waals surface area contributed by atoms with Gasteiger partial charge in [-0.3, -0.25) is 9.59 Å². The van der Waals surface area contributed by atoms with Crippen molar-refractivity contribution in [2.75, 3.05) is 16.8 Å². The monoisotopic (exact) mass is 406 g/mol. The van der Waals surface area contributed by atoms with Crippen LogP contribution < -0.4 is 10.2 Å². The number of aryl methyl sites for hydroxylation is 1. The molecule has 1 heterocycles. The Morgan fingerprint density at radius 1 is 1.25 bits per heavy atom. The van der Waals surface area contributed by atoms with Gasteiger partial charge in [0.25, 0.3) is 0 Å². The number of hydrogen-bond acceptors (Lipinski definition) is 2. The van der Waals surface area contributed by atoms with E-state index in [9.17, 15) is 9.59 Å². The molecular weight excluding hydrogens is 392 g/mol. The van der Waals surface area contributed by atoms with Crippen molar-refractivity contribution in [1.82, 2.24) is 0 Å². The lowest BCUT2D eigenvalue weighted by atomic mass is 10.1. The van der Waals surface area contributed by atoms with Gasteiger partial charge in [-0.1, -0.05) is 39.7 Å². The molecule has 1 aliphatic rings. The Balaban J connectivity index is 1.73. The van der Waals surface area contributed by atoms with E-state index in [1.54, 1.807) is 11.0 Å². The number of nitrogens with one attached hydrogen (secondary N) is 1. The highest BCUT2D eigenvalue weighted by atomic mass is 79.9. The Bertz CT molecular complexity index is 772. The number of para-hydroxylation sites is 1. The molecule has 0 aromatic heterocycles. The predicted octanol–water partition coefficient (Wildman–Crippen LogP) is 4.40. The number of halogens is 2. The van der Waals surface area contributed by atoms with Gasteiger partial charge in [0.05, 0.1) is 16.6 Å². The van der Waals surface area contributed by atoms with Crippen molar-refractivity contribution in [3.05, 3.63) is 57.5 Å². The van der Waals surface area contributed by atoms with Crippen LogP contribution in [0.25, 0.3) is 0 Å². The largest absolute Gasteiger partial charge is 0.324 e. The summed E-state index contributed by atoms with van der Waals surface area (Å²) in [7, 11) is 0. The molecule has 0 radical (unpaired) electrons. The fourth-order valence-corrected chi connectivity index (χ4v) is 3.30. The predicted molar refractivity (Wildman–Crippen MR) is 99.4 cm³/mol. The SMILES string of the molecule is Cc1cccc(Cl)c1NC(=O)[C@@H]1CC(=O)N(c2ccc(Br)cc2)C1. The highest BCUT2D eigenvalue weighted by Gasteiger charge is 2.35. The Kier molecular flexibility index (Phi) is 4.92. The molecule has 3 rings (SSSR count). The normalized spacial score (nSPS) is 17.2. The maximum Gasteiger partial charge on any atom is 0.229 e. The number of carbonyl (C=O) groups is 2. The molecule has 1 aliphatic heterocycles. The summed E-state index contributed by atoms with van der Waals surface area (Å²) >= 11 is 9.53. The molecule has 2 aromatic rings. The fourth-order valence-electron chi connectivity index (χ4n) is 2.77. The van der Waals surface area contributed by atoms with Gasteiger partial charge in [-0.25, -0.2) is 0 Å². The molecule has 0 spiro atoms. The smallest absolute Gasteiger partial charge is 0.229 e. The molecule has 0 aliphatic carbocycles. The first-order valence-corrected chi connectivity index (χ1v) is 8.74. The molecule has 124 valence electrons. The van der Waals surface area contributed by atoms with Crippen LogP contribution in [-0.2, 0) is 9.59 Å². The zero-order valence-electron chi connectivity index (χ0n) is 13.1. The van der Waals surface area contributed by atoms with E-state index in [1.165, 1.54) is 0 Å². The standard InChI is InChI=1S/C18H16BrClN2O2/c1-11-3-2-4-15(20)17(11)21-18(24)12-9-16(23)22(10-12)14-7-5-13(19)6-8-14/h2-8,12H,9-10H2,1H3,(H,21,24)/t12-/m1/s1. The van der Waals surface area contributed by atoms with E-state index in [0.717, 1.165) is 15.7 Å². The van der Waals surface area contributed by atoms with E-state index >= 15 is 0 Å². The summed E-state index contributed by atoms with van der Waals surface area (Å²) < 4.78 is 0.946. The minimum Gasteiger partial charge on any atom is -0.324 e. The third kappa shape index (κ3) is 3.47. The van der Waals surface area contributed by atoms with Crippen molar-refractivity contribution < 1.29 is 9.59 Å². The summed E-state index contributed by atoms with van der Waals surface area (Å²) in [4.78, 5) is 26.5. The Hall–Kier alpha value is -1.85. The van der Waals surface area contributed by atoms with Crippen LogP contribution in [0.4, 0.5) is 11.4 Å². The lowest BCUT2D eigenvalue weighted by Gasteiger charge is -2.17. The van der Waals surface area contributed by atoms with E-state index in [2.05, 4.69) is 21.2 Å². The second kappa shape index (κ2) is 6.95. The molecule has 1 N–H and O–H groups in total. The van der Waals surface area contributed by atoms with Crippen molar-refractivity contribution in [2.24, 2.45) is 5.92 Å². The van der Waals surface area contributed by atoms with Gasteiger partial charge in [-0.05, 0) is 42.8 Å². The molecule has 2 aromatic carbocycles. The zero-order valence-corrected chi connectivity index (χ0v) is 15.4. The van der Waals surface area contributed by atoms with Crippen LogP contribution in [-0.4, -0.2) is 18.4 Å². The topological polar surface area (TPSA) is 49.4 Å². The summed E-state index contributed by atoms with van der Waals surface area (Å²) in [6, 6.07) is 12.9. The van der Waals surface area contributed by atoms with E-state index < -0.39 is 5.92 Å². The first-order chi connectivity index (χ1) is 11.5. The van der Waals surface area contributed by atoms with Gasteiger partial charge in [0.2, 0.25) is 11.8 Å². The summed E-state index contributed by atoms with van der Waals surface area (Å²) in [5, 5.41) is 3.36. The highest BCUT2D eigenvalue weighted by molar-refractivity contribution is 9.10. The molecule has 0 saturated carbocycles. The van der Waals surface area contributed by atoms with Crippen molar-refractivity contribution >= 4 is 50.7 Å². The Labute approximate surface area is 153 Å². The van der Waals surface area contributed by atoms with Crippen LogP contribution in [0.5, 0.6) is 0 Å². The lowest BCUT2D eigenvalue weighted by Crippen LogP contribution is -2.28. The fraction of sp³-hybridized carbons (Fsp3) is 0.222. The second-order valence-corrected chi connectivity index (χ2v) is 7.13. The molecule has 4 nitrogen and oxygen atoms in total. The van der Waals surface area contributed by atoms with Crippen LogP contribution in [0.3, 0.4) is 0 Å². The Morgan fingerprint density at radius 2 is 1.96 bits per heavy atom. The molecule has 1 saturated heterocycles. The van der Waals surface area contributed by atoms with Gasteiger partial charge in [-0.15, -0.1) is 0 Å².